The van der Waals surface area contributed by atoms with Crippen LogP contribution in [-0.4, -0.2) is 23.3 Å². The van der Waals surface area contributed by atoms with Gasteiger partial charge in [0, 0.05) is 17.1 Å². The standard InChI is InChI=1S/C16H20N2O2/c1-16(2)9-13(17-11-15(19)20)8-14(10-16)18-12-6-4-3-5-7-12/h3-8,18H,9-11H2,1-2H3,(H,19,20). The van der Waals surface area contributed by atoms with Gasteiger partial charge in [0.15, 0.2) is 0 Å². The van der Waals surface area contributed by atoms with Crippen molar-refractivity contribution in [3.05, 3.63) is 42.1 Å². The minimum Gasteiger partial charge on any atom is -0.480 e. The summed E-state index contributed by atoms with van der Waals surface area (Å²) in [6.07, 6.45) is 3.70. The molecule has 0 bridgehead atoms. The number of carboxylic acid groups (broad SMARTS) is 1. The largest absolute Gasteiger partial charge is 0.480 e. The van der Waals surface area contributed by atoms with Crippen LogP contribution in [-0.2, 0) is 4.79 Å². The van der Waals surface area contributed by atoms with Gasteiger partial charge in [-0.05, 0) is 36.5 Å². The van der Waals surface area contributed by atoms with Crippen molar-refractivity contribution in [2.45, 2.75) is 26.7 Å². The van der Waals surface area contributed by atoms with Gasteiger partial charge in [0.05, 0.1) is 0 Å². The third-order valence-electron chi connectivity index (χ3n) is 3.17. The molecule has 0 unspecified atom stereocenters. The molecule has 0 saturated heterocycles. The van der Waals surface area contributed by atoms with Gasteiger partial charge in [0.25, 0.3) is 0 Å². The lowest BCUT2D eigenvalue weighted by atomic mass is 9.78. The van der Waals surface area contributed by atoms with Crippen molar-refractivity contribution in [2.24, 2.45) is 10.4 Å². The molecule has 1 aromatic rings. The molecule has 4 heteroatoms. The summed E-state index contributed by atoms with van der Waals surface area (Å²) < 4.78 is 0. The van der Waals surface area contributed by atoms with Crippen molar-refractivity contribution in [2.75, 3.05) is 11.9 Å². The Morgan fingerprint density at radius 2 is 2.00 bits per heavy atom. The zero-order chi connectivity index (χ0) is 14.6. The van der Waals surface area contributed by atoms with Crippen LogP contribution < -0.4 is 5.32 Å². The summed E-state index contributed by atoms with van der Waals surface area (Å²) >= 11 is 0. The number of anilines is 1. The van der Waals surface area contributed by atoms with Crippen molar-refractivity contribution in [1.82, 2.24) is 0 Å². The zero-order valence-electron chi connectivity index (χ0n) is 11.9. The third-order valence-corrected chi connectivity index (χ3v) is 3.17. The van der Waals surface area contributed by atoms with E-state index in [2.05, 4.69) is 24.2 Å². The molecule has 106 valence electrons. The molecular weight excluding hydrogens is 252 g/mol. The Bertz CT molecular complexity index is 545. The van der Waals surface area contributed by atoms with Crippen molar-refractivity contribution >= 4 is 17.4 Å². The SMILES string of the molecule is CC1(C)CC(Nc2ccccc2)=CC(=NCC(=O)O)C1. The molecule has 0 aliphatic heterocycles. The fourth-order valence-corrected chi connectivity index (χ4v) is 2.43. The van der Waals surface area contributed by atoms with E-state index in [-0.39, 0.29) is 12.0 Å². The highest BCUT2D eigenvalue weighted by molar-refractivity contribution is 5.98. The summed E-state index contributed by atoms with van der Waals surface area (Å²) in [6, 6.07) is 9.96. The third kappa shape index (κ3) is 4.23. The lowest BCUT2D eigenvalue weighted by Gasteiger charge is -2.31. The molecule has 0 spiro atoms. The summed E-state index contributed by atoms with van der Waals surface area (Å²) in [7, 11) is 0. The van der Waals surface area contributed by atoms with Gasteiger partial charge in [-0.3, -0.25) is 9.79 Å². The Morgan fingerprint density at radius 3 is 2.65 bits per heavy atom. The van der Waals surface area contributed by atoms with Crippen molar-refractivity contribution in [3.8, 4) is 0 Å². The highest BCUT2D eigenvalue weighted by Gasteiger charge is 2.26. The van der Waals surface area contributed by atoms with Gasteiger partial charge in [-0.15, -0.1) is 0 Å². The minimum absolute atomic E-state index is 0.0865. The van der Waals surface area contributed by atoms with E-state index in [4.69, 9.17) is 5.11 Å². The summed E-state index contributed by atoms with van der Waals surface area (Å²) in [5, 5.41) is 12.1. The Hall–Kier alpha value is -2.10. The summed E-state index contributed by atoms with van der Waals surface area (Å²) in [5.41, 5.74) is 3.05. The van der Waals surface area contributed by atoms with Gasteiger partial charge in [-0.2, -0.15) is 0 Å². The molecule has 4 nitrogen and oxygen atoms in total. The van der Waals surface area contributed by atoms with Gasteiger partial charge in [-0.1, -0.05) is 32.0 Å². The maximum Gasteiger partial charge on any atom is 0.325 e. The number of aliphatic carboxylic acids is 1. The van der Waals surface area contributed by atoms with E-state index in [9.17, 15) is 4.79 Å². The molecule has 1 aromatic carbocycles. The Balaban J connectivity index is 2.17. The number of allylic oxidation sites excluding steroid dienone is 2. The summed E-state index contributed by atoms with van der Waals surface area (Å²) in [5.74, 6) is -0.896. The summed E-state index contributed by atoms with van der Waals surface area (Å²) in [4.78, 5) is 14.8. The number of benzene rings is 1. The minimum atomic E-state index is -0.896. The first-order valence-corrected chi connectivity index (χ1v) is 6.72. The van der Waals surface area contributed by atoms with Crippen LogP contribution in [0.5, 0.6) is 0 Å². The molecular formula is C16H20N2O2. The highest BCUT2D eigenvalue weighted by atomic mass is 16.4. The molecule has 0 fully saturated rings. The molecule has 0 amide bonds. The van der Waals surface area contributed by atoms with Gasteiger partial charge in [0.1, 0.15) is 6.54 Å². The van der Waals surface area contributed by atoms with E-state index in [0.717, 1.165) is 29.9 Å². The first-order chi connectivity index (χ1) is 9.44. The van der Waals surface area contributed by atoms with Gasteiger partial charge < -0.3 is 10.4 Å². The summed E-state index contributed by atoms with van der Waals surface area (Å²) in [6.45, 7) is 4.17. The number of carbonyl (C=O) groups is 1. The lowest BCUT2D eigenvalue weighted by molar-refractivity contribution is -0.135. The van der Waals surface area contributed by atoms with Crippen LogP contribution in [0.3, 0.4) is 0 Å². The van der Waals surface area contributed by atoms with Gasteiger partial charge in [0.2, 0.25) is 0 Å². The molecule has 1 aliphatic rings. The zero-order valence-corrected chi connectivity index (χ0v) is 11.9. The number of aliphatic imine (C=N–C) groups is 1. The van der Waals surface area contributed by atoms with E-state index >= 15 is 0 Å². The van der Waals surface area contributed by atoms with Crippen LogP contribution in [0.2, 0.25) is 0 Å². The van der Waals surface area contributed by atoms with Gasteiger partial charge in [-0.25, -0.2) is 0 Å². The fourth-order valence-electron chi connectivity index (χ4n) is 2.43. The molecule has 0 radical (unpaired) electrons. The molecule has 0 aromatic heterocycles. The van der Waals surface area contributed by atoms with Crippen LogP contribution in [0.1, 0.15) is 26.7 Å². The smallest absolute Gasteiger partial charge is 0.325 e. The number of hydrogen-bond donors (Lipinski definition) is 2. The van der Waals surface area contributed by atoms with Crippen LogP contribution in [0, 0.1) is 5.41 Å². The van der Waals surface area contributed by atoms with Gasteiger partial charge >= 0.3 is 5.97 Å². The van der Waals surface area contributed by atoms with Crippen LogP contribution in [0.15, 0.2) is 47.1 Å². The molecule has 20 heavy (non-hydrogen) atoms. The first kappa shape index (κ1) is 14.3. The molecule has 0 atom stereocenters. The molecule has 0 saturated carbocycles. The fraction of sp³-hybridized carbons (Fsp3) is 0.375. The van der Waals surface area contributed by atoms with E-state index in [1.807, 2.05) is 36.4 Å². The lowest BCUT2D eigenvalue weighted by Crippen LogP contribution is -2.25. The average Bonchev–Trinajstić information content (AvgIpc) is 2.36. The monoisotopic (exact) mass is 272 g/mol. The molecule has 2 rings (SSSR count). The predicted octanol–water partition coefficient (Wildman–Crippen LogP) is 3.33. The maximum atomic E-state index is 10.6. The average molecular weight is 272 g/mol. The van der Waals surface area contributed by atoms with Crippen molar-refractivity contribution in [3.63, 3.8) is 0 Å². The highest BCUT2D eigenvalue weighted by Crippen LogP contribution is 2.34. The second kappa shape index (κ2) is 5.90. The number of nitrogens with zero attached hydrogens (tertiary/aromatic N) is 1. The van der Waals surface area contributed by atoms with E-state index in [1.54, 1.807) is 0 Å². The second-order valence-corrected chi connectivity index (χ2v) is 5.88. The Labute approximate surface area is 119 Å². The molecule has 0 heterocycles. The Kier molecular flexibility index (Phi) is 4.23. The Morgan fingerprint density at radius 1 is 1.30 bits per heavy atom. The number of hydrogen-bond acceptors (Lipinski definition) is 3. The van der Waals surface area contributed by atoms with Crippen LogP contribution in [0.4, 0.5) is 5.69 Å². The number of para-hydroxylation sites is 1. The second-order valence-electron chi connectivity index (χ2n) is 5.88. The number of rotatable bonds is 4. The van der Waals surface area contributed by atoms with Crippen LogP contribution in [0.25, 0.3) is 0 Å². The van der Waals surface area contributed by atoms with E-state index in [1.165, 1.54) is 0 Å². The number of nitrogens with one attached hydrogen (secondary N) is 1. The normalized spacial score (nSPS) is 19.5. The van der Waals surface area contributed by atoms with E-state index < -0.39 is 5.97 Å². The first-order valence-electron chi connectivity index (χ1n) is 6.72. The van der Waals surface area contributed by atoms with Crippen molar-refractivity contribution < 1.29 is 9.90 Å². The maximum absolute atomic E-state index is 10.6. The topological polar surface area (TPSA) is 61.7 Å². The predicted molar refractivity (Wildman–Crippen MR) is 81.1 cm³/mol. The molecule has 1 aliphatic carbocycles. The number of carboxylic acids is 1. The molecule has 2 N–H and O–H groups in total. The van der Waals surface area contributed by atoms with E-state index in [0.29, 0.717) is 0 Å². The van der Waals surface area contributed by atoms with Crippen LogP contribution >= 0.6 is 0 Å². The van der Waals surface area contributed by atoms with Crippen molar-refractivity contribution in [1.29, 1.82) is 0 Å². The quantitative estimate of drug-likeness (QED) is 0.883.